The maximum Gasteiger partial charge on any atom is 0.263 e. The second kappa shape index (κ2) is 6.50. The molecule has 2 fully saturated rings. The maximum atomic E-state index is 13.8. The van der Waals surface area contributed by atoms with E-state index in [4.69, 9.17) is 4.74 Å². The number of halogens is 1. The Hall–Kier alpha value is -2.37. The van der Waals surface area contributed by atoms with Crippen molar-refractivity contribution < 1.29 is 13.9 Å². The minimum atomic E-state index is -0.693. The molecule has 132 valence electrons. The van der Waals surface area contributed by atoms with Crippen molar-refractivity contribution in [2.45, 2.75) is 56.8 Å². The number of hydrogen-bond donors (Lipinski definition) is 0. The largest absolute Gasteiger partial charge is 0.478 e. The van der Waals surface area contributed by atoms with Crippen LogP contribution in [0, 0.1) is 5.82 Å². The fourth-order valence-electron chi connectivity index (χ4n) is 4.21. The van der Waals surface area contributed by atoms with Crippen molar-refractivity contribution in [2.24, 2.45) is 0 Å². The summed E-state index contributed by atoms with van der Waals surface area (Å²) in [6, 6.07) is 8.91. The number of piperidine rings is 1. The molecule has 2 bridgehead atoms. The zero-order valence-corrected chi connectivity index (χ0v) is 14.2. The molecule has 6 heteroatoms. The molecule has 3 atom stereocenters. The standard InChI is InChI=1S/C19H22FN3O2/c1-13(25-18-6-3-2-5-17(18)20)19(24)23-14-7-8-15(23)12-16(11-14)22-10-4-9-21-22/h2-6,9-10,13-16H,7-8,11-12H2,1H3. The minimum Gasteiger partial charge on any atom is -0.478 e. The summed E-state index contributed by atoms with van der Waals surface area (Å²) in [6.07, 6.45) is 6.95. The number of para-hydroxylation sites is 1. The molecule has 1 aromatic heterocycles. The van der Waals surface area contributed by atoms with E-state index >= 15 is 0 Å². The molecule has 0 radical (unpaired) electrons. The van der Waals surface area contributed by atoms with Crippen LogP contribution in [0.4, 0.5) is 4.39 Å². The van der Waals surface area contributed by atoms with E-state index in [-0.39, 0.29) is 23.7 Å². The molecule has 3 unspecified atom stereocenters. The molecule has 3 heterocycles. The van der Waals surface area contributed by atoms with Gasteiger partial charge in [0, 0.05) is 24.5 Å². The van der Waals surface area contributed by atoms with Gasteiger partial charge in [-0.25, -0.2) is 4.39 Å². The van der Waals surface area contributed by atoms with Gasteiger partial charge in [0.2, 0.25) is 0 Å². The second-order valence-electron chi connectivity index (χ2n) is 6.93. The number of ether oxygens (including phenoxy) is 1. The molecule has 2 saturated heterocycles. The molecule has 2 aromatic rings. The van der Waals surface area contributed by atoms with Crippen molar-refractivity contribution >= 4 is 5.91 Å². The summed E-state index contributed by atoms with van der Waals surface area (Å²) in [7, 11) is 0. The summed E-state index contributed by atoms with van der Waals surface area (Å²) in [5, 5.41) is 4.35. The lowest BCUT2D eigenvalue weighted by molar-refractivity contribution is -0.143. The Morgan fingerprint density at radius 2 is 1.92 bits per heavy atom. The predicted molar refractivity (Wildman–Crippen MR) is 90.6 cm³/mol. The van der Waals surface area contributed by atoms with Gasteiger partial charge in [-0.1, -0.05) is 12.1 Å². The molecule has 2 aliphatic heterocycles. The minimum absolute atomic E-state index is 0.0466. The number of carbonyl (C=O) groups is 1. The van der Waals surface area contributed by atoms with Gasteiger partial charge < -0.3 is 9.64 Å². The lowest BCUT2D eigenvalue weighted by Crippen LogP contribution is -2.51. The first-order valence-corrected chi connectivity index (χ1v) is 8.86. The average Bonchev–Trinajstić information content (AvgIpc) is 3.23. The number of nitrogens with zero attached hydrogens (tertiary/aromatic N) is 3. The van der Waals surface area contributed by atoms with E-state index in [0.29, 0.717) is 6.04 Å². The quantitative estimate of drug-likeness (QED) is 0.857. The third-order valence-corrected chi connectivity index (χ3v) is 5.35. The van der Waals surface area contributed by atoms with Gasteiger partial charge in [-0.3, -0.25) is 9.48 Å². The highest BCUT2D eigenvalue weighted by molar-refractivity contribution is 5.82. The van der Waals surface area contributed by atoms with Crippen LogP contribution < -0.4 is 4.74 Å². The fraction of sp³-hybridized carbons (Fsp3) is 0.474. The van der Waals surface area contributed by atoms with Crippen LogP contribution >= 0.6 is 0 Å². The molecular weight excluding hydrogens is 321 g/mol. The van der Waals surface area contributed by atoms with E-state index in [0.717, 1.165) is 25.7 Å². The Morgan fingerprint density at radius 3 is 2.56 bits per heavy atom. The molecule has 0 aliphatic carbocycles. The van der Waals surface area contributed by atoms with Crippen molar-refractivity contribution in [3.63, 3.8) is 0 Å². The van der Waals surface area contributed by atoms with Crippen LogP contribution in [-0.4, -0.2) is 38.8 Å². The molecule has 0 N–H and O–H groups in total. The first-order chi connectivity index (χ1) is 12.1. The zero-order chi connectivity index (χ0) is 17.4. The van der Waals surface area contributed by atoms with E-state index in [9.17, 15) is 9.18 Å². The Kier molecular flexibility index (Phi) is 4.19. The van der Waals surface area contributed by atoms with Crippen LogP contribution in [0.1, 0.15) is 38.6 Å². The first kappa shape index (κ1) is 16.1. The SMILES string of the molecule is CC(Oc1ccccc1F)C(=O)N1C2CCC1CC(n1cccn1)C2. The Bertz CT molecular complexity index is 735. The van der Waals surface area contributed by atoms with Crippen molar-refractivity contribution in [3.8, 4) is 5.75 Å². The fourth-order valence-corrected chi connectivity index (χ4v) is 4.21. The molecule has 4 rings (SSSR count). The highest BCUT2D eigenvalue weighted by atomic mass is 19.1. The highest BCUT2D eigenvalue weighted by Gasteiger charge is 2.45. The van der Waals surface area contributed by atoms with E-state index < -0.39 is 11.9 Å². The Morgan fingerprint density at radius 1 is 1.20 bits per heavy atom. The number of fused-ring (bicyclic) bond motifs is 2. The van der Waals surface area contributed by atoms with Gasteiger partial charge in [-0.2, -0.15) is 5.10 Å². The smallest absolute Gasteiger partial charge is 0.263 e. The molecule has 5 nitrogen and oxygen atoms in total. The number of carbonyl (C=O) groups excluding carboxylic acids is 1. The third-order valence-electron chi connectivity index (χ3n) is 5.35. The van der Waals surface area contributed by atoms with Crippen LogP contribution in [0.5, 0.6) is 5.75 Å². The zero-order valence-electron chi connectivity index (χ0n) is 14.2. The van der Waals surface area contributed by atoms with Gasteiger partial charge in [0.15, 0.2) is 17.7 Å². The third kappa shape index (κ3) is 3.01. The monoisotopic (exact) mass is 343 g/mol. The lowest BCUT2D eigenvalue weighted by atomic mass is 9.97. The Labute approximate surface area is 146 Å². The van der Waals surface area contributed by atoms with Crippen molar-refractivity contribution in [2.75, 3.05) is 0 Å². The summed E-state index contributed by atoms with van der Waals surface area (Å²) < 4.78 is 21.4. The van der Waals surface area contributed by atoms with Gasteiger partial charge in [0.25, 0.3) is 5.91 Å². The van der Waals surface area contributed by atoms with E-state index in [2.05, 4.69) is 5.10 Å². The van der Waals surface area contributed by atoms with E-state index in [1.54, 1.807) is 31.3 Å². The first-order valence-electron chi connectivity index (χ1n) is 8.86. The van der Waals surface area contributed by atoms with Gasteiger partial charge in [0.05, 0.1) is 6.04 Å². The van der Waals surface area contributed by atoms with Crippen LogP contribution in [0.2, 0.25) is 0 Å². The molecule has 2 aliphatic rings. The van der Waals surface area contributed by atoms with Crippen LogP contribution in [0.3, 0.4) is 0 Å². The van der Waals surface area contributed by atoms with Gasteiger partial charge in [0.1, 0.15) is 0 Å². The number of rotatable bonds is 4. The number of hydrogen-bond acceptors (Lipinski definition) is 3. The summed E-state index contributed by atoms with van der Waals surface area (Å²) in [4.78, 5) is 14.9. The van der Waals surface area contributed by atoms with Gasteiger partial charge in [-0.05, 0) is 50.8 Å². The van der Waals surface area contributed by atoms with E-state index in [1.165, 1.54) is 6.07 Å². The van der Waals surface area contributed by atoms with Crippen LogP contribution in [0.15, 0.2) is 42.7 Å². The average molecular weight is 343 g/mol. The summed E-state index contributed by atoms with van der Waals surface area (Å²) in [5.74, 6) is -0.362. The second-order valence-corrected chi connectivity index (χ2v) is 6.93. The van der Waals surface area contributed by atoms with Gasteiger partial charge in [-0.15, -0.1) is 0 Å². The molecule has 25 heavy (non-hydrogen) atoms. The van der Waals surface area contributed by atoms with Crippen LogP contribution in [-0.2, 0) is 4.79 Å². The molecular formula is C19H22FN3O2. The summed E-state index contributed by atoms with van der Waals surface area (Å²) in [6.45, 7) is 1.70. The van der Waals surface area contributed by atoms with Crippen molar-refractivity contribution in [1.82, 2.24) is 14.7 Å². The maximum absolute atomic E-state index is 13.8. The predicted octanol–water partition coefficient (Wildman–Crippen LogP) is 3.18. The normalized spacial score (nSPS) is 26.5. The number of aromatic nitrogens is 2. The van der Waals surface area contributed by atoms with Crippen LogP contribution in [0.25, 0.3) is 0 Å². The molecule has 0 saturated carbocycles. The molecule has 0 spiro atoms. The Balaban J connectivity index is 1.45. The number of benzene rings is 1. The van der Waals surface area contributed by atoms with Gasteiger partial charge >= 0.3 is 0 Å². The van der Waals surface area contributed by atoms with E-state index in [1.807, 2.05) is 21.8 Å². The summed E-state index contributed by atoms with van der Waals surface area (Å²) >= 11 is 0. The van der Waals surface area contributed by atoms with Crippen molar-refractivity contribution in [1.29, 1.82) is 0 Å². The van der Waals surface area contributed by atoms with Crippen molar-refractivity contribution in [3.05, 3.63) is 48.5 Å². The highest BCUT2D eigenvalue weighted by Crippen LogP contribution is 2.41. The topological polar surface area (TPSA) is 47.4 Å². The molecule has 1 amide bonds. The lowest BCUT2D eigenvalue weighted by Gasteiger charge is -2.40. The summed E-state index contributed by atoms with van der Waals surface area (Å²) in [5.41, 5.74) is 0. The number of amides is 1. The molecule has 1 aromatic carbocycles.